The number of rotatable bonds is 2. The van der Waals surface area contributed by atoms with Gasteiger partial charge < -0.3 is 60.8 Å². The van der Waals surface area contributed by atoms with Gasteiger partial charge >= 0.3 is 16.6 Å². The maximum Gasteiger partial charge on any atom is 0.425 e. The van der Waals surface area contributed by atoms with Crippen LogP contribution >= 0.6 is 157 Å². The molecule has 11 aromatic rings. The fourth-order valence-electron chi connectivity index (χ4n) is 5.46. The molecule has 0 bridgehead atoms. The monoisotopic (exact) mass is 1350 g/mol. The van der Waals surface area contributed by atoms with Crippen molar-refractivity contribution in [2.45, 2.75) is 12.7 Å². The zero-order valence-electron chi connectivity index (χ0n) is 40.8. The number of nitrogens with one attached hydrogen (secondary N) is 12. The molecule has 1 saturated heterocycles. The number of thioether (sulfide) groups is 1. The lowest BCUT2D eigenvalue weighted by molar-refractivity contribution is -0.137. The third-order valence-electron chi connectivity index (χ3n) is 8.61. The number of nitrogens with two attached hydrogens (primary N) is 1. The Bertz CT molecular complexity index is 3880. The number of aromatic amines is 10. The summed E-state index contributed by atoms with van der Waals surface area (Å²) in [6.07, 6.45) is 4.81. The highest BCUT2D eigenvalue weighted by Gasteiger charge is 2.05. The maximum absolute atomic E-state index is 10.1. The number of H-pyrrole nitrogens is 10. The Hall–Kier alpha value is -6.50. The van der Waals surface area contributed by atoms with Gasteiger partial charge in [-0.05, 0) is 165 Å². The molecule has 2 aliphatic heterocycles. The van der Waals surface area contributed by atoms with E-state index in [4.69, 9.17) is 113 Å². The number of carboxylic acid groups (broad SMARTS) is 1. The van der Waals surface area contributed by atoms with Crippen LogP contribution in [0, 0.1) is 35.8 Å². The molecular weight excluding hydrogens is 1310 g/mol. The van der Waals surface area contributed by atoms with Gasteiger partial charge in [-0.25, -0.2) is 14.7 Å². The van der Waals surface area contributed by atoms with Crippen molar-refractivity contribution < 1.29 is 26.9 Å². The van der Waals surface area contributed by atoms with Crippen molar-refractivity contribution in [3.63, 3.8) is 0 Å². The summed E-state index contributed by atoms with van der Waals surface area (Å²) < 4.78 is 38.1. The van der Waals surface area contributed by atoms with E-state index in [1.54, 1.807) is 47.8 Å². The number of imidazole rings is 2. The summed E-state index contributed by atoms with van der Waals surface area (Å²) in [5.41, 5.74) is 12.4. The number of nitrogens with zero attached hydrogens (tertiary/aromatic N) is 5. The maximum atomic E-state index is 10.1. The second kappa shape index (κ2) is 36.8. The van der Waals surface area contributed by atoms with Crippen molar-refractivity contribution in [1.29, 1.82) is 0 Å². The lowest BCUT2D eigenvalue weighted by atomic mass is 10.3. The molecule has 81 heavy (non-hydrogen) atoms. The Labute approximate surface area is 522 Å². The number of aromatic nitrogens is 14. The highest BCUT2D eigenvalue weighted by Crippen LogP contribution is 2.18. The van der Waals surface area contributed by atoms with E-state index in [-0.39, 0.29) is 17.5 Å². The molecule has 4 aromatic carbocycles. The van der Waals surface area contributed by atoms with E-state index in [2.05, 4.69) is 124 Å². The van der Waals surface area contributed by atoms with E-state index in [9.17, 15) is 4.79 Å². The molecule has 24 nitrogen and oxygen atoms in total. The minimum Gasteiger partial charge on any atom is -0.480 e. The molecule has 424 valence electrons. The van der Waals surface area contributed by atoms with Crippen LogP contribution in [0.15, 0.2) is 125 Å². The third kappa shape index (κ3) is 27.7. The molecule has 7 aromatic heterocycles. The number of oxazole rings is 1. The van der Waals surface area contributed by atoms with Gasteiger partial charge in [-0.1, -0.05) is 94.2 Å². The average molecular weight is 1360 g/mol. The van der Waals surface area contributed by atoms with Crippen LogP contribution in [0.25, 0.3) is 43.4 Å². The van der Waals surface area contributed by atoms with E-state index in [1.807, 2.05) is 91.0 Å². The van der Waals surface area contributed by atoms with E-state index in [0.29, 0.717) is 32.2 Å². The Morgan fingerprint density at radius 3 is 1.57 bits per heavy atom. The first-order chi connectivity index (χ1) is 38.7. The number of aliphatic carboxylic acids is 1. The Kier molecular flexibility index (Phi) is 30.4. The molecule has 15 N–H and O–H groups in total. The number of benzene rings is 4. The van der Waals surface area contributed by atoms with E-state index in [1.165, 1.54) is 16.0 Å². The number of thiazole rings is 1. The smallest absolute Gasteiger partial charge is 0.425 e. The fourth-order valence-corrected chi connectivity index (χ4v) is 9.76. The molecule has 9 heterocycles. The number of para-hydroxylation sites is 7. The molecule has 1 unspecified atom stereocenters. The second-order valence-electron chi connectivity index (χ2n) is 14.4. The first-order valence-electron chi connectivity index (χ1n) is 22.0. The van der Waals surface area contributed by atoms with Crippen LogP contribution in [0.2, 0.25) is 0 Å². The Balaban J connectivity index is 0.000000195. The predicted octanol–water partition coefficient (Wildman–Crippen LogP) is 11.2. The molecule has 0 amide bonds. The topological polar surface area (TPSA) is 366 Å². The molecule has 38 heteroatoms. The SMILES string of the molecule is NC1C=NC(=S)N1.O=C(O)Cn1[nH]nnc1=S.O=S(=O)=O.S=C1NCCS1.S=c1[nH][nH]c(=S)s1.S=c1[nH]c2ccccc2[nH]1.S=c1[nH]c2ccccc2[nH]1.S=c1[nH]c2ccccc2o1.S=c1[nH]c2ccccc2s1.S=c1nccc[nH]1. The second-order valence-corrected chi connectivity index (χ2v) is 22.9. The summed E-state index contributed by atoms with van der Waals surface area (Å²) in [4.78, 5) is 38.7. The summed E-state index contributed by atoms with van der Waals surface area (Å²) in [5.74, 6) is 0.167. The summed E-state index contributed by atoms with van der Waals surface area (Å²) >= 11 is 52.3. The van der Waals surface area contributed by atoms with Gasteiger partial charge in [0.2, 0.25) is 4.77 Å². The highest BCUT2D eigenvalue weighted by molar-refractivity contribution is 8.23. The predicted molar refractivity (Wildman–Crippen MR) is 347 cm³/mol. The van der Waals surface area contributed by atoms with Gasteiger partial charge in [0, 0.05) is 30.9 Å². The number of carbonyl (C=O) groups is 1. The van der Waals surface area contributed by atoms with Crippen LogP contribution < -0.4 is 16.4 Å². The number of fused-ring (bicyclic) bond motifs is 4. The summed E-state index contributed by atoms with van der Waals surface area (Å²) in [6, 6.07) is 33.4. The summed E-state index contributed by atoms with van der Waals surface area (Å²) in [6.45, 7) is 0.829. The number of aliphatic imine (C=N–C) groups is 1. The van der Waals surface area contributed by atoms with Gasteiger partial charge in [0.05, 0.1) is 37.8 Å². The fraction of sp³-hybridized carbons (Fsp3) is 0.0930. The molecule has 2 aliphatic rings. The van der Waals surface area contributed by atoms with Crippen molar-refractivity contribution in [3.8, 4) is 0 Å². The van der Waals surface area contributed by atoms with Crippen LogP contribution in [-0.4, -0.2) is 128 Å². The van der Waals surface area contributed by atoms with Crippen LogP contribution in [-0.2, 0) is 21.9 Å². The Morgan fingerprint density at radius 1 is 0.691 bits per heavy atom. The molecule has 0 saturated carbocycles. The largest absolute Gasteiger partial charge is 0.480 e. The van der Waals surface area contributed by atoms with Crippen molar-refractivity contribution in [2.24, 2.45) is 10.7 Å². The lowest BCUT2D eigenvalue weighted by Crippen LogP contribution is -2.35. The van der Waals surface area contributed by atoms with Crippen LogP contribution in [0.4, 0.5) is 0 Å². The molecule has 13 rings (SSSR count). The number of hydrogen-bond donors (Lipinski definition) is 14. The van der Waals surface area contributed by atoms with Crippen molar-refractivity contribution in [3.05, 3.63) is 151 Å². The lowest BCUT2D eigenvalue weighted by Gasteiger charge is -1.95. The average Bonchev–Trinajstić information content (AvgIpc) is 4.32. The minimum absolute atomic E-state index is 0.141. The highest BCUT2D eigenvalue weighted by atomic mass is 32.2. The van der Waals surface area contributed by atoms with Crippen molar-refractivity contribution in [1.82, 2.24) is 80.9 Å². The van der Waals surface area contributed by atoms with E-state index in [0.717, 1.165) is 63.9 Å². The van der Waals surface area contributed by atoms with Crippen LogP contribution in [0.3, 0.4) is 0 Å². The van der Waals surface area contributed by atoms with E-state index >= 15 is 0 Å². The van der Waals surface area contributed by atoms with Gasteiger partial charge in [-0.3, -0.25) is 15.0 Å². The van der Waals surface area contributed by atoms with Gasteiger partial charge in [-0.2, -0.15) is 5.21 Å². The first-order valence-corrected chi connectivity index (χ1v) is 29.7. The van der Waals surface area contributed by atoms with Crippen LogP contribution in [0.5, 0.6) is 0 Å². The molecule has 0 spiro atoms. The number of carboxylic acids is 1. The van der Waals surface area contributed by atoms with Crippen LogP contribution in [0.1, 0.15) is 0 Å². The van der Waals surface area contributed by atoms with Crippen molar-refractivity contribution in [2.75, 3.05) is 12.3 Å². The number of tetrazole rings is 1. The number of hydrogen-bond acceptors (Lipinski definition) is 22. The molecular formula is C43H42N18O6S14. The minimum atomic E-state index is -3.11. The standard InChI is InChI=1S/2C7H6N2S.C7H5NOS.C7H5NS2.C4H4N2S.C3H4N4O2S.C3H5N3S.C3H5NS2.C2H2N2S3.O3S/c3*10-7-8-5-3-1-2-4-6(5)9-7;9-7-8-5-3-1-2-4-6(5)10-7;7-4-5-2-1-3-6-4;8-2(9)1-7-3(10)4-5-6-7;4-2-1-5-3(7)6-2;5-3-4-1-2-6-3;5-1-3-4-2(6)7-1;1-4(2)3/h2*1-4H,(H2,8,9,10);1-4H,(H,8,10);1-4H,(H,8,9);1-3H,(H,5,6,7);1H2,(H,8,9)(H,4,6,10);1-2H,4H2,(H,6,7);1-2H2,(H,4,5);(H,3,5)(H,4,6);. The molecule has 0 radical (unpaired) electrons. The van der Waals surface area contributed by atoms with Gasteiger partial charge in [0.15, 0.2) is 36.9 Å². The van der Waals surface area contributed by atoms with Gasteiger partial charge in [0.1, 0.15) is 17.0 Å². The molecule has 0 aliphatic carbocycles. The number of thiocarbonyl (C=S) groups is 2. The molecule has 1 fully saturated rings. The zero-order chi connectivity index (χ0) is 59.1. The Morgan fingerprint density at radius 2 is 1.22 bits per heavy atom. The quantitative estimate of drug-likeness (QED) is 0.0715. The van der Waals surface area contributed by atoms with E-state index < -0.39 is 16.6 Å². The van der Waals surface area contributed by atoms with Gasteiger partial charge in [0.25, 0.3) is 4.84 Å². The zero-order valence-corrected chi connectivity index (χ0v) is 52.2. The summed E-state index contributed by atoms with van der Waals surface area (Å²) in [5, 5.41) is 28.8. The summed E-state index contributed by atoms with van der Waals surface area (Å²) in [7, 11) is -3.11. The molecule has 1 atom stereocenters. The third-order valence-corrected chi connectivity index (χ3v) is 13.8. The normalized spacial score (nSPS) is 12.1. The first kappa shape index (κ1) is 67.0. The van der Waals surface area contributed by atoms with Gasteiger partial charge in [-0.15, -0.1) is 24.0 Å². The van der Waals surface area contributed by atoms with Crippen molar-refractivity contribution >= 4 is 232 Å².